The Kier molecular flexibility index (Phi) is 4.68. The van der Waals surface area contributed by atoms with E-state index in [-0.39, 0.29) is 0 Å². The number of benzene rings is 1. The third-order valence-corrected chi connectivity index (χ3v) is 3.59. The van der Waals surface area contributed by atoms with Crippen LogP contribution in [0.4, 0.5) is 5.69 Å². The fourth-order valence-corrected chi connectivity index (χ4v) is 2.57. The highest BCUT2D eigenvalue weighted by atomic mass is 79.9. The number of hydrogen-bond acceptors (Lipinski definition) is 3. The van der Waals surface area contributed by atoms with Gasteiger partial charge in [0.05, 0.1) is 17.7 Å². The number of rotatable bonds is 5. The molecule has 0 spiro atoms. The second kappa shape index (κ2) is 6.26. The first-order valence-electron chi connectivity index (χ1n) is 5.98. The van der Waals surface area contributed by atoms with Crippen molar-refractivity contribution in [1.82, 2.24) is 0 Å². The van der Waals surface area contributed by atoms with Crippen molar-refractivity contribution in [1.29, 1.82) is 0 Å². The lowest BCUT2D eigenvalue weighted by Gasteiger charge is -2.12. The predicted molar refractivity (Wildman–Crippen MR) is 72.8 cm³/mol. The van der Waals surface area contributed by atoms with Crippen LogP contribution in [-0.4, -0.2) is 26.4 Å². The molecule has 1 aliphatic rings. The van der Waals surface area contributed by atoms with E-state index in [0.717, 1.165) is 35.5 Å². The molecule has 94 valence electrons. The van der Waals surface area contributed by atoms with E-state index in [1.54, 1.807) is 7.11 Å². The minimum atomic E-state index is 0.448. The van der Waals surface area contributed by atoms with Gasteiger partial charge in [0.25, 0.3) is 0 Å². The summed E-state index contributed by atoms with van der Waals surface area (Å²) in [6.07, 6.45) is 3.93. The normalized spacial score (nSPS) is 19.3. The monoisotopic (exact) mass is 299 g/mol. The minimum Gasteiger partial charge on any atom is -0.496 e. The summed E-state index contributed by atoms with van der Waals surface area (Å²) < 4.78 is 11.7. The molecular formula is C13H18BrNO2. The van der Waals surface area contributed by atoms with E-state index in [1.165, 1.54) is 12.8 Å². The molecule has 3 nitrogen and oxygen atoms in total. The highest BCUT2D eigenvalue weighted by Gasteiger charge is 2.14. The van der Waals surface area contributed by atoms with Crippen molar-refractivity contribution < 1.29 is 9.47 Å². The molecule has 0 bridgehead atoms. The Hall–Kier alpha value is -0.740. The molecule has 1 unspecified atom stereocenters. The van der Waals surface area contributed by atoms with Gasteiger partial charge in [-0.3, -0.25) is 0 Å². The van der Waals surface area contributed by atoms with Crippen LogP contribution in [0, 0.1) is 0 Å². The Labute approximate surface area is 111 Å². The van der Waals surface area contributed by atoms with Gasteiger partial charge in [0.2, 0.25) is 0 Å². The first-order valence-corrected chi connectivity index (χ1v) is 6.78. The van der Waals surface area contributed by atoms with E-state index in [4.69, 9.17) is 9.47 Å². The molecule has 0 radical (unpaired) electrons. The average molecular weight is 300 g/mol. The van der Waals surface area contributed by atoms with Crippen molar-refractivity contribution in [3.8, 4) is 5.75 Å². The largest absolute Gasteiger partial charge is 0.496 e. The fraction of sp³-hybridized carbons (Fsp3) is 0.538. The Balaban J connectivity index is 1.80. The quantitative estimate of drug-likeness (QED) is 0.903. The van der Waals surface area contributed by atoms with Crippen molar-refractivity contribution in [2.45, 2.75) is 25.4 Å². The molecule has 0 aliphatic carbocycles. The number of ether oxygens (including phenoxy) is 2. The first-order chi connectivity index (χ1) is 8.29. The van der Waals surface area contributed by atoms with Gasteiger partial charge in [-0.1, -0.05) is 0 Å². The van der Waals surface area contributed by atoms with Crippen LogP contribution in [0.2, 0.25) is 0 Å². The van der Waals surface area contributed by atoms with E-state index in [2.05, 4.69) is 21.2 Å². The molecule has 2 rings (SSSR count). The molecule has 1 aliphatic heterocycles. The third kappa shape index (κ3) is 3.61. The van der Waals surface area contributed by atoms with Crippen LogP contribution in [0.15, 0.2) is 22.7 Å². The average Bonchev–Trinajstić information content (AvgIpc) is 2.82. The van der Waals surface area contributed by atoms with Gasteiger partial charge in [-0.05, 0) is 53.4 Å². The van der Waals surface area contributed by atoms with Crippen molar-refractivity contribution in [3.63, 3.8) is 0 Å². The molecule has 17 heavy (non-hydrogen) atoms. The lowest BCUT2D eigenvalue weighted by molar-refractivity contribution is 0.107. The maximum absolute atomic E-state index is 5.58. The Bertz CT molecular complexity index is 364. The van der Waals surface area contributed by atoms with Gasteiger partial charge in [-0.15, -0.1) is 0 Å². The number of halogens is 1. The van der Waals surface area contributed by atoms with Gasteiger partial charge in [0.1, 0.15) is 5.75 Å². The van der Waals surface area contributed by atoms with Crippen LogP contribution in [0.3, 0.4) is 0 Å². The second-order valence-electron chi connectivity index (χ2n) is 4.20. The highest BCUT2D eigenvalue weighted by Crippen LogP contribution is 2.27. The van der Waals surface area contributed by atoms with E-state index in [9.17, 15) is 0 Å². The zero-order chi connectivity index (χ0) is 12.1. The number of methoxy groups -OCH3 is 1. The summed E-state index contributed by atoms with van der Waals surface area (Å²) in [6, 6.07) is 6.02. The molecule has 0 amide bonds. The van der Waals surface area contributed by atoms with E-state index in [0.29, 0.717) is 6.10 Å². The second-order valence-corrected chi connectivity index (χ2v) is 5.05. The molecule has 1 fully saturated rings. The predicted octanol–water partition coefficient (Wildman–Crippen LogP) is 3.44. The molecule has 1 N–H and O–H groups in total. The van der Waals surface area contributed by atoms with Gasteiger partial charge in [0.15, 0.2) is 0 Å². The summed E-state index contributed by atoms with van der Waals surface area (Å²) in [6.45, 7) is 1.88. The maximum Gasteiger partial charge on any atom is 0.133 e. The lowest BCUT2D eigenvalue weighted by Crippen LogP contribution is -2.12. The zero-order valence-electron chi connectivity index (χ0n) is 10.0. The summed E-state index contributed by atoms with van der Waals surface area (Å²) in [4.78, 5) is 0. The van der Waals surface area contributed by atoms with Crippen LogP contribution >= 0.6 is 15.9 Å². The smallest absolute Gasteiger partial charge is 0.133 e. The number of hydrogen-bond donors (Lipinski definition) is 1. The molecule has 4 heteroatoms. The molecule has 1 saturated heterocycles. The van der Waals surface area contributed by atoms with Crippen molar-refractivity contribution in [2.75, 3.05) is 25.6 Å². The van der Waals surface area contributed by atoms with Crippen LogP contribution in [0.25, 0.3) is 0 Å². The highest BCUT2D eigenvalue weighted by molar-refractivity contribution is 9.10. The lowest BCUT2D eigenvalue weighted by atomic mass is 10.2. The first kappa shape index (κ1) is 12.7. The zero-order valence-corrected chi connectivity index (χ0v) is 11.6. The molecule has 1 aromatic rings. The van der Waals surface area contributed by atoms with Crippen molar-refractivity contribution in [2.24, 2.45) is 0 Å². The number of anilines is 1. The van der Waals surface area contributed by atoms with E-state index in [1.807, 2.05) is 18.2 Å². The van der Waals surface area contributed by atoms with Gasteiger partial charge < -0.3 is 14.8 Å². The fourth-order valence-electron chi connectivity index (χ4n) is 2.03. The van der Waals surface area contributed by atoms with Crippen molar-refractivity contribution in [3.05, 3.63) is 22.7 Å². The van der Waals surface area contributed by atoms with Crippen LogP contribution < -0.4 is 10.1 Å². The topological polar surface area (TPSA) is 30.5 Å². The van der Waals surface area contributed by atoms with E-state index >= 15 is 0 Å². The van der Waals surface area contributed by atoms with Gasteiger partial charge in [-0.2, -0.15) is 0 Å². The Morgan fingerprint density at radius 1 is 1.53 bits per heavy atom. The van der Waals surface area contributed by atoms with Gasteiger partial charge >= 0.3 is 0 Å². The van der Waals surface area contributed by atoms with Crippen LogP contribution in [-0.2, 0) is 4.74 Å². The van der Waals surface area contributed by atoms with Crippen molar-refractivity contribution >= 4 is 21.6 Å². The standard InChI is InChI=1S/C13H18BrNO2/c1-16-13-5-4-10(9-12(13)14)15-7-6-11-3-2-8-17-11/h4-5,9,11,15H,2-3,6-8H2,1H3. The molecular weight excluding hydrogens is 282 g/mol. The molecule has 1 heterocycles. The number of nitrogens with one attached hydrogen (secondary N) is 1. The summed E-state index contributed by atoms with van der Waals surface area (Å²) in [5, 5.41) is 3.40. The van der Waals surface area contributed by atoms with E-state index < -0.39 is 0 Å². The molecule has 0 aromatic heterocycles. The summed E-state index contributed by atoms with van der Waals surface area (Å²) in [5.41, 5.74) is 1.11. The SMILES string of the molecule is COc1ccc(NCCC2CCCO2)cc1Br. The Morgan fingerprint density at radius 2 is 2.41 bits per heavy atom. The molecule has 1 atom stereocenters. The summed E-state index contributed by atoms with van der Waals surface area (Å²) >= 11 is 3.48. The van der Waals surface area contributed by atoms with Crippen LogP contribution in [0.1, 0.15) is 19.3 Å². The Morgan fingerprint density at radius 3 is 3.06 bits per heavy atom. The minimum absolute atomic E-state index is 0.448. The molecule has 0 saturated carbocycles. The third-order valence-electron chi connectivity index (χ3n) is 2.97. The van der Waals surface area contributed by atoms with Crippen LogP contribution in [0.5, 0.6) is 5.75 Å². The van der Waals surface area contributed by atoms with Gasteiger partial charge in [-0.25, -0.2) is 0 Å². The van der Waals surface area contributed by atoms with Gasteiger partial charge in [0, 0.05) is 18.8 Å². The summed E-state index contributed by atoms with van der Waals surface area (Å²) in [7, 11) is 1.67. The summed E-state index contributed by atoms with van der Waals surface area (Å²) in [5.74, 6) is 0.856. The molecule has 1 aromatic carbocycles. The maximum atomic E-state index is 5.58.